The molecule has 0 aromatic rings. The SMILES string of the molecule is CC(C)CC(C)CC(=O)NC1CC2CCC(C1)N2.Cl. The average Bonchev–Trinajstić information content (AvgIpc) is 2.56. The standard InChI is InChI=1S/C15H28N2O.ClH/c1-10(2)6-11(3)7-15(18)17-14-8-12-4-5-13(9-14)16-12;/h10-14,16H,4-9H2,1-3H3,(H,17,18);1H. The number of amides is 1. The third-order valence-electron chi connectivity index (χ3n) is 4.25. The van der Waals surface area contributed by atoms with E-state index in [0.29, 0.717) is 36.4 Å². The van der Waals surface area contributed by atoms with Gasteiger partial charge in [-0.3, -0.25) is 4.79 Å². The molecule has 0 aliphatic carbocycles. The molecule has 0 spiro atoms. The molecule has 2 saturated heterocycles. The second kappa shape index (κ2) is 7.49. The van der Waals surface area contributed by atoms with Crippen LogP contribution < -0.4 is 10.6 Å². The Bertz CT molecular complexity index is 284. The van der Waals surface area contributed by atoms with Crippen LogP contribution in [0.25, 0.3) is 0 Å². The molecule has 112 valence electrons. The van der Waals surface area contributed by atoms with E-state index in [2.05, 4.69) is 31.4 Å². The van der Waals surface area contributed by atoms with Crippen LogP contribution in [-0.2, 0) is 4.79 Å². The summed E-state index contributed by atoms with van der Waals surface area (Å²) in [4.78, 5) is 12.0. The molecule has 2 aliphatic heterocycles. The number of nitrogens with one attached hydrogen (secondary N) is 2. The molecule has 2 rings (SSSR count). The molecule has 2 N–H and O–H groups in total. The lowest BCUT2D eigenvalue weighted by Gasteiger charge is -2.30. The second-order valence-electron chi connectivity index (χ2n) is 6.81. The van der Waals surface area contributed by atoms with Crippen molar-refractivity contribution in [1.82, 2.24) is 10.6 Å². The van der Waals surface area contributed by atoms with Crippen molar-refractivity contribution < 1.29 is 4.79 Å². The highest BCUT2D eigenvalue weighted by atomic mass is 35.5. The number of hydrogen-bond acceptors (Lipinski definition) is 2. The molecule has 0 radical (unpaired) electrons. The van der Waals surface area contributed by atoms with Crippen molar-refractivity contribution in [1.29, 1.82) is 0 Å². The van der Waals surface area contributed by atoms with Gasteiger partial charge in [0.1, 0.15) is 0 Å². The van der Waals surface area contributed by atoms with E-state index >= 15 is 0 Å². The number of piperidine rings is 1. The molecular formula is C15H29ClN2O. The van der Waals surface area contributed by atoms with Gasteiger partial charge in [-0.25, -0.2) is 0 Å². The zero-order chi connectivity index (χ0) is 13.1. The molecule has 3 atom stereocenters. The number of hydrogen-bond donors (Lipinski definition) is 2. The van der Waals surface area contributed by atoms with Crippen LogP contribution >= 0.6 is 12.4 Å². The first kappa shape index (κ1) is 16.8. The lowest BCUT2D eigenvalue weighted by atomic mass is 9.95. The van der Waals surface area contributed by atoms with Crippen molar-refractivity contribution >= 4 is 18.3 Å². The van der Waals surface area contributed by atoms with Crippen LogP contribution in [0, 0.1) is 11.8 Å². The summed E-state index contributed by atoms with van der Waals surface area (Å²) in [5.74, 6) is 1.44. The molecule has 2 heterocycles. The van der Waals surface area contributed by atoms with Crippen molar-refractivity contribution in [2.45, 2.75) is 77.4 Å². The van der Waals surface area contributed by atoms with Crippen molar-refractivity contribution in [3.8, 4) is 0 Å². The highest BCUT2D eigenvalue weighted by Crippen LogP contribution is 2.27. The molecular weight excluding hydrogens is 260 g/mol. The first-order valence-corrected chi connectivity index (χ1v) is 7.58. The summed E-state index contributed by atoms with van der Waals surface area (Å²) < 4.78 is 0. The fourth-order valence-corrected chi connectivity index (χ4v) is 3.67. The Morgan fingerprint density at radius 2 is 1.79 bits per heavy atom. The minimum atomic E-state index is 0. The third kappa shape index (κ3) is 5.31. The van der Waals surface area contributed by atoms with E-state index in [1.54, 1.807) is 0 Å². The number of rotatable bonds is 5. The van der Waals surface area contributed by atoms with Crippen molar-refractivity contribution in [3.05, 3.63) is 0 Å². The summed E-state index contributed by atoms with van der Waals surface area (Å²) in [7, 11) is 0. The Morgan fingerprint density at radius 1 is 1.21 bits per heavy atom. The molecule has 0 aromatic carbocycles. The molecule has 2 bridgehead atoms. The van der Waals surface area contributed by atoms with E-state index in [-0.39, 0.29) is 18.3 Å². The number of carbonyl (C=O) groups is 1. The van der Waals surface area contributed by atoms with Gasteiger partial charge in [-0.2, -0.15) is 0 Å². The maximum absolute atomic E-state index is 12.0. The van der Waals surface area contributed by atoms with Crippen LogP contribution in [0.2, 0.25) is 0 Å². The molecule has 2 fully saturated rings. The van der Waals surface area contributed by atoms with E-state index in [4.69, 9.17) is 0 Å². The van der Waals surface area contributed by atoms with Crippen molar-refractivity contribution in [2.24, 2.45) is 11.8 Å². The van der Waals surface area contributed by atoms with Crippen molar-refractivity contribution in [3.63, 3.8) is 0 Å². The predicted octanol–water partition coefficient (Wildman–Crippen LogP) is 2.88. The Balaban J connectivity index is 0.00000180. The summed E-state index contributed by atoms with van der Waals surface area (Å²) >= 11 is 0. The molecule has 4 heteroatoms. The predicted molar refractivity (Wildman–Crippen MR) is 81.6 cm³/mol. The van der Waals surface area contributed by atoms with E-state index < -0.39 is 0 Å². The minimum absolute atomic E-state index is 0. The quantitative estimate of drug-likeness (QED) is 0.817. The number of halogens is 1. The van der Waals surface area contributed by atoms with E-state index in [1.807, 2.05) is 0 Å². The van der Waals surface area contributed by atoms with Crippen LogP contribution in [0.15, 0.2) is 0 Å². The van der Waals surface area contributed by atoms with Gasteiger partial charge in [0.05, 0.1) is 0 Å². The van der Waals surface area contributed by atoms with Crippen LogP contribution in [0.5, 0.6) is 0 Å². The van der Waals surface area contributed by atoms with Gasteiger partial charge in [0.15, 0.2) is 0 Å². The summed E-state index contributed by atoms with van der Waals surface area (Å²) in [5, 5.41) is 6.85. The van der Waals surface area contributed by atoms with Crippen LogP contribution in [0.1, 0.15) is 59.3 Å². The van der Waals surface area contributed by atoms with Gasteiger partial charge in [0.2, 0.25) is 5.91 Å². The molecule has 0 aromatic heterocycles. The highest BCUT2D eigenvalue weighted by Gasteiger charge is 2.33. The first-order chi connectivity index (χ1) is 8.52. The van der Waals surface area contributed by atoms with Gasteiger partial charge in [0.25, 0.3) is 0 Å². The van der Waals surface area contributed by atoms with Gasteiger partial charge >= 0.3 is 0 Å². The molecule has 3 unspecified atom stereocenters. The Kier molecular flexibility index (Phi) is 6.61. The fourth-order valence-electron chi connectivity index (χ4n) is 3.67. The summed E-state index contributed by atoms with van der Waals surface area (Å²) in [6, 6.07) is 1.73. The summed E-state index contributed by atoms with van der Waals surface area (Å²) in [5.41, 5.74) is 0. The lowest BCUT2D eigenvalue weighted by molar-refractivity contribution is -0.122. The normalized spacial score (nSPS) is 30.8. The van der Waals surface area contributed by atoms with Gasteiger partial charge < -0.3 is 10.6 Å². The first-order valence-electron chi connectivity index (χ1n) is 7.58. The monoisotopic (exact) mass is 288 g/mol. The van der Waals surface area contributed by atoms with Crippen LogP contribution in [0.4, 0.5) is 0 Å². The topological polar surface area (TPSA) is 41.1 Å². The Hall–Kier alpha value is -0.280. The summed E-state index contributed by atoms with van der Waals surface area (Å²) in [6.45, 7) is 6.63. The van der Waals surface area contributed by atoms with E-state index in [1.165, 1.54) is 12.8 Å². The van der Waals surface area contributed by atoms with Crippen LogP contribution in [0.3, 0.4) is 0 Å². The number of fused-ring (bicyclic) bond motifs is 2. The molecule has 3 nitrogen and oxygen atoms in total. The molecule has 2 aliphatic rings. The molecule has 0 saturated carbocycles. The van der Waals surface area contributed by atoms with Gasteiger partial charge in [-0.05, 0) is 43.9 Å². The van der Waals surface area contributed by atoms with E-state index in [0.717, 1.165) is 19.3 Å². The second-order valence-corrected chi connectivity index (χ2v) is 6.81. The Morgan fingerprint density at radius 3 is 2.32 bits per heavy atom. The lowest BCUT2D eigenvalue weighted by Crippen LogP contribution is -2.48. The zero-order valence-electron chi connectivity index (χ0n) is 12.4. The van der Waals surface area contributed by atoms with Gasteiger partial charge in [0, 0.05) is 24.5 Å². The maximum atomic E-state index is 12.0. The zero-order valence-corrected chi connectivity index (χ0v) is 13.3. The number of carbonyl (C=O) groups excluding carboxylic acids is 1. The minimum Gasteiger partial charge on any atom is -0.353 e. The average molecular weight is 289 g/mol. The largest absolute Gasteiger partial charge is 0.353 e. The van der Waals surface area contributed by atoms with Crippen LogP contribution in [-0.4, -0.2) is 24.0 Å². The third-order valence-corrected chi connectivity index (χ3v) is 4.25. The summed E-state index contributed by atoms with van der Waals surface area (Å²) in [6.07, 6.45) is 6.67. The van der Waals surface area contributed by atoms with Crippen molar-refractivity contribution in [2.75, 3.05) is 0 Å². The molecule has 19 heavy (non-hydrogen) atoms. The van der Waals surface area contributed by atoms with Gasteiger partial charge in [-0.15, -0.1) is 12.4 Å². The smallest absolute Gasteiger partial charge is 0.220 e. The highest BCUT2D eigenvalue weighted by molar-refractivity contribution is 5.85. The fraction of sp³-hybridized carbons (Fsp3) is 0.933. The van der Waals surface area contributed by atoms with Gasteiger partial charge in [-0.1, -0.05) is 20.8 Å². The molecule has 1 amide bonds. The van der Waals surface area contributed by atoms with E-state index in [9.17, 15) is 4.79 Å². The Labute approximate surface area is 123 Å². The maximum Gasteiger partial charge on any atom is 0.220 e.